The van der Waals surface area contributed by atoms with E-state index in [1.807, 2.05) is 0 Å². The Morgan fingerprint density at radius 3 is 2.87 bits per heavy atom. The third-order valence-corrected chi connectivity index (χ3v) is 3.76. The number of aromatic nitrogens is 4. The Morgan fingerprint density at radius 2 is 2.22 bits per heavy atom. The van der Waals surface area contributed by atoms with Gasteiger partial charge in [0, 0.05) is 11.8 Å². The van der Waals surface area contributed by atoms with Crippen LogP contribution in [0.25, 0.3) is 11.3 Å². The van der Waals surface area contributed by atoms with Gasteiger partial charge in [0.1, 0.15) is 5.69 Å². The summed E-state index contributed by atoms with van der Waals surface area (Å²) >= 11 is 0. The van der Waals surface area contributed by atoms with Crippen LogP contribution in [0.3, 0.4) is 0 Å². The van der Waals surface area contributed by atoms with Crippen LogP contribution >= 0.6 is 0 Å². The molecule has 0 aliphatic heterocycles. The average molecular weight is 318 g/mol. The maximum absolute atomic E-state index is 13.0. The first-order valence-electron chi connectivity index (χ1n) is 7.07. The summed E-state index contributed by atoms with van der Waals surface area (Å²) in [4.78, 5) is 27.5. The van der Waals surface area contributed by atoms with E-state index in [0.717, 1.165) is 12.0 Å². The van der Waals surface area contributed by atoms with Gasteiger partial charge in [-0.2, -0.15) is 0 Å². The zero-order valence-corrected chi connectivity index (χ0v) is 12.6. The van der Waals surface area contributed by atoms with E-state index in [1.165, 1.54) is 20.2 Å². The van der Waals surface area contributed by atoms with Crippen LogP contribution in [0.15, 0.2) is 33.8 Å². The average Bonchev–Trinajstić information content (AvgIpc) is 3.25. The van der Waals surface area contributed by atoms with Gasteiger partial charge < -0.3 is 9.72 Å². The molecule has 2 heterocycles. The third kappa shape index (κ3) is 3.05. The predicted molar refractivity (Wildman–Crippen MR) is 81.0 cm³/mol. The number of aromatic amines is 2. The molecule has 23 heavy (non-hydrogen) atoms. The highest BCUT2D eigenvalue weighted by atomic mass is 19.1. The van der Waals surface area contributed by atoms with E-state index in [0.29, 0.717) is 11.6 Å². The zero-order valence-electron chi connectivity index (χ0n) is 12.6. The monoisotopic (exact) mass is 318 g/mol. The summed E-state index contributed by atoms with van der Waals surface area (Å²) in [7, 11) is 1.48. The van der Waals surface area contributed by atoms with Gasteiger partial charge in [0.2, 0.25) is 5.88 Å². The second kappa shape index (κ2) is 5.79. The van der Waals surface area contributed by atoms with Gasteiger partial charge in [0.25, 0.3) is 5.56 Å². The van der Waals surface area contributed by atoms with E-state index in [9.17, 15) is 14.0 Å². The van der Waals surface area contributed by atoms with Gasteiger partial charge in [0.15, 0.2) is 0 Å². The lowest BCUT2D eigenvalue weighted by molar-refractivity contribution is 0.386. The summed E-state index contributed by atoms with van der Waals surface area (Å²) in [5.41, 5.74) is 0.156. The van der Waals surface area contributed by atoms with E-state index in [-0.39, 0.29) is 23.2 Å². The van der Waals surface area contributed by atoms with Gasteiger partial charge in [-0.25, -0.2) is 9.18 Å². The molecule has 7 nitrogen and oxygen atoms in total. The van der Waals surface area contributed by atoms with Crippen molar-refractivity contribution in [3.8, 4) is 17.1 Å². The lowest BCUT2D eigenvalue weighted by Crippen LogP contribution is -2.23. The number of methoxy groups -OCH3 is 1. The molecule has 2 aromatic rings. The van der Waals surface area contributed by atoms with Crippen LogP contribution in [-0.4, -0.2) is 27.3 Å². The van der Waals surface area contributed by atoms with Crippen LogP contribution in [-0.2, 0) is 0 Å². The normalized spacial score (nSPS) is 20.4. The van der Waals surface area contributed by atoms with Gasteiger partial charge in [-0.1, -0.05) is 0 Å². The molecule has 0 amide bonds. The highest BCUT2D eigenvalue weighted by molar-refractivity contribution is 5.58. The number of nitrogens with one attached hydrogen (secondary N) is 2. The molecule has 1 aliphatic carbocycles. The van der Waals surface area contributed by atoms with E-state index in [2.05, 4.69) is 20.2 Å². The molecule has 2 N–H and O–H groups in total. The summed E-state index contributed by atoms with van der Waals surface area (Å²) in [5, 5.41) is 7.94. The fraction of sp³-hybridized carbons (Fsp3) is 0.333. The van der Waals surface area contributed by atoms with Crippen molar-refractivity contribution in [3.63, 3.8) is 0 Å². The number of halogens is 1. The third-order valence-electron chi connectivity index (χ3n) is 3.76. The molecule has 0 bridgehead atoms. The first-order chi connectivity index (χ1) is 11.0. The Balaban J connectivity index is 2.02. The van der Waals surface area contributed by atoms with Gasteiger partial charge in [-0.05, 0) is 37.3 Å². The fourth-order valence-corrected chi connectivity index (χ4v) is 2.60. The van der Waals surface area contributed by atoms with Crippen molar-refractivity contribution in [2.45, 2.75) is 19.3 Å². The van der Waals surface area contributed by atoms with Gasteiger partial charge >= 0.3 is 5.69 Å². The number of allylic oxidation sites excluding steroid dienone is 2. The number of rotatable bonds is 4. The quantitative estimate of drug-likeness (QED) is 0.890. The summed E-state index contributed by atoms with van der Waals surface area (Å²) in [6.45, 7) is 1.41. The maximum Gasteiger partial charge on any atom is 0.325 e. The molecule has 1 aliphatic rings. The van der Waals surface area contributed by atoms with Gasteiger partial charge in [0.05, 0.1) is 18.5 Å². The van der Waals surface area contributed by atoms with Crippen LogP contribution in [0.4, 0.5) is 4.39 Å². The minimum absolute atomic E-state index is 0.0757. The van der Waals surface area contributed by atoms with Gasteiger partial charge in [-0.3, -0.25) is 9.78 Å². The SMILES string of the molecule is COc1nnc(-c2c[nH]c(=O)[nH]c2=O)cc1[C@H]1C[C@@H]1/C=C(/C)F. The molecule has 2 aromatic heterocycles. The second-order valence-corrected chi connectivity index (χ2v) is 5.44. The molecule has 120 valence electrons. The van der Waals surface area contributed by atoms with E-state index >= 15 is 0 Å². The molecule has 0 radical (unpaired) electrons. The van der Waals surface area contributed by atoms with Crippen molar-refractivity contribution in [1.29, 1.82) is 0 Å². The molecule has 1 fully saturated rings. The van der Waals surface area contributed by atoms with Gasteiger partial charge in [-0.15, -0.1) is 10.2 Å². The molecule has 0 spiro atoms. The standard InChI is InChI=1S/C15H15FN4O3/c1-7(16)3-8-4-9(8)10-5-12(19-20-14(10)23-2)11-6-17-15(22)18-13(11)21/h3,5-6,8-9H,4H2,1-2H3,(H2,17,18,21,22)/b7-3-/t8-,9-/m0/s1. The molecular weight excluding hydrogens is 303 g/mol. The van der Waals surface area contributed by atoms with Crippen LogP contribution in [0, 0.1) is 5.92 Å². The van der Waals surface area contributed by atoms with Crippen molar-refractivity contribution in [2.75, 3.05) is 7.11 Å². The van der Waals surface area contributed by atoms with E-state index < -0.39 is 11.2 Å². The van der Waals surface area contributed by atoms with Crippen molar-refractivity contribution in [3.05, 3.63) is 50.6 Å². The molecule has 0 aromatic carbocycles. The summed E-state index contributed by atoms with van der Waals surface area (Å²) < 4.78 is 18.2. The summed E-state index contributed by atoms with van der Waals surface area (Å²) in [5.74, 6) is 0.286. The second-order valence-electron chi connectivity index (χ2n) is 5.44. The molecule has 0 unspecified atom stereocenters. The lowest BCUT2D eigenvalue weighted by Gasteiger charge is -2.07. The number of hydrogen-bond acceptors (Lipinski definition) is 5. The Morgan fingerprint density at radius 1 is 1.43 bits per heavy atom. The van der Waals surface area contributed by atoms with Crippen LogP contribution in [0.5, 0.6) is 5.88 Å². The van der Waals surface area contributed by atoms with Crippen molar-refractivity contribution in [2.24, 2.45) is 5.92 Å². The Labute approximate surface area is 130 Å². The Hall–Kier alpha value is -2.77. The molecule has 8 heteroatoms. The summed E-state index contributed by atoms with van der Waals surface area (Å²) in [6, 6.07) is 1.70. The highest BCUT2D eigenvalue weighted by Crippen LogP contribution is 2.51. The molecule has 3 rings (SSSR count). The van der Waals surface area contributed by atoms with Crippen LogP contribution < -0.4 is 16.0 Å². The van der Waals surface area contributed by atoms with Crippen LogP contribution in [0.2, 0.25) is 0 Å². The first-order valence-corrected chi connectivity index (χ1v) is 7.07. The molecule has 2 atom stereocenters. The smallest absolute Gasteiger partial charge is 0.325 e. The predicted octanol–water partition coefficient (Wildman–Crippen LogP) is 1.51. The molecular formula is C15H15FN4O3. The number of nitrogens with zero attached hydrogens (tertiary/aromatic N) is 2. The Kier molecular flexibility index (Phi) is 3.81. The topological polar surface area (TPSA) is 101 Å². The first kappa shape index (κ1) is 15.1. The minimum atomic E-state index is -0.591. The van der Waals surface area contributed by atoms with Crippen molar-refractivity contribution >= 4 is 0 Å². The lowest BCUT2D eigenvalue weighted by atomic mass is 10.1. The van der Waals surface area contributed by atoms with Crippen molar-refractivity contribution in [1.82, 2.24) is 20.2 Å². The number of hydrogen-bond donors (Lipinski definition) is 2. The van der Waals surface area contributed by atoms with Crippen LogP contribution in [0.1, 0.15) is 24.8 Å². The minimum Gasteiger partial charge on any atom is -0.480 e. The fourth-order valence-electron chi connectivity index (χ4n) is 2.60. The summed E-state index contributed by atoms with van der Waals surface area (Å²) in [6.07, 6.45) is 3.64. The van der Waals surface area contributed by atoms with Crippen molar-refractivity contribution < 1.29 is 9.13 Å². The highest BCUT2D eigenvalue weighted by Gasteiger charge is 2.39. The largest absolute Gasteiger partial charge is 0.480 e. The van der Waals surface area contributed by atoms with E-state index in [1.54, 1.807) is 12.1 Å². The zero-order chi connectivity index (χ0) is 16.6. The number of ether oxygens (including phenoxy) is 1. The number of H-pyrrole nitrogens is 2. The van der Waals surface area contributed by atoms with E-state index in [4.69, 9.17) is 4.74 Å². The molecule has 0 saturated heterocycles. The maximum atomic E-state index is 13.0. The molecule has 1 saturated carbocycles. The Bertz CT molecular complexity index is 883.